The van der Waals surface area contributed by atoms with E-state index in [0.29, 0.717) is 0 Å². The summed E-state index contributed by atoms with van der Waals surface area (Å²) in [5.74, 6) is -0.697. The van der Waals surface area contributed by atoms with Crippen molar-refractivity contribution in [3.05, 3.63) is 61.1 Å². The first-order chi connectivity index (χ1) is 12.3. The lowest BCUT2D eigenvalue weighted by Gasteiger charge is -2.08. The molecule has 11 heteroatoms. The number of nitro benzene ring substituents is 1. The van der Waals surface area contributed by atoms with Crippen molar-refractivity contribution in [2.75, 3.05) is 6.61 Å². The van der Waals surface area contributed by atoms with Gasteiger partial charge in [0.25, 0.3) is 11.6 Å². The fourth-order valence-corrected chi connectivity index (χ4v) is 2.31. The molecule has 26 heavy (non-hydrogen) atoms. The van der Waals surface area contributed by atoms with Crippen LogP contribution in [-0.4, -0.2) is 28.8 Å². The summed E-state index contributed by atoms with van der Waals surface area (Å²) in [6.07, 6.45) is 1.06. The molecule has 2 aromatic carbocycles. The van der Waals surface area contributed by atoms with E-state index >= 15 is 0 Å². The summed E-state index contributed by atoms with van der Waals surface area (Å²) in [4.78, 5) is 21.8. The summed E-state index contributed by atoms with van der Waals surface area (Å²) in [5.41, 5.74) is 1.98. The number of ether oxygens (including phenoxy) is 1. The number of benzene rings is 2. The van der Waals surface area contributed by atoms with E-state index in [1.807, 2.05) is 0 Å². The van der Waals surface area contributed by atoms with Crippen molar-refractivity contribution in [2.45, 2.75) is 0 Å². The monoisotopic (exact) mass is 417 g/mol. The van der Waals surface area contributed by atoms with Gasteiger partial charge in [-0.1, -0.05) is 34.8 Å². The van der Waals surface area contributed by atoms with Crippen molar-refractivity contribution in [1.29, 1.82) is 0 Å². The molecule has 0 aromatic heterocycles. The number of amides is 1. The molecule has 0 bridgehead atoms. The number of hydrogen-bond donors (Lipinski definition) is 2. The fourth-order valence-electron chi connectivity index (χ4n) is 1.72. The Kier molecular flexibility index (Phi) is 6.62. The van der Waals surface area contributed by atoms with Gasteiger partial charge in [0.2, 0.25) is 0 Å². The molecule has 2 N–H and O–H groups in total. The fraction of sp³-hybridized carbons (Fsp3) is 0.0667. The number of phenolic OH excluding ortho intramolecular Hbond substituents is 1. The Hall–Kier alpha value is -2.55. The second-order valence-electron chi connectivity index (χ2n) is 4.78. The van der Waals surface area contributed by atoms with Crippen molar-refractivity contribution < 1.29 is 19.6 Å². The van der Waals surface area contributed by atoms with Crippen molar-refractivity contribution in [3.63, 3.8) is 0 Å². The Bertz CT molecular complexity index is 889. The smallest absolute Gasteiger partial charge is 0.277 e. The van der Waals surface area contributed by atoms with E-state index in [2.05, 4.69) is 10.5 Å². The standard InChI is InChI=1S/C15H10Cl3N3O5/c16-10-4-12(18)14(5-11(10)17)26-7-15(23)20-19-6-8-3-9(21(24)25)1-2-13(8)22/h1-6,22H,7H2,(H,20,23)/b19-6+. The maximum absolute atomic E-state index is 11.7. The third-order valence-electron chi connectivity index (χ3n) is 2.95. The van der Waals surface area contributed by atoms with Crippen LogP contribution in [0.1, 0.15) is 5.56 Å². The molecule has 0 fully saturated rings. The Morgan fingerprint density at radius 1 is 1.23 bits per heavy atom. The predicted octanol–water partition coefficient (Wildman–Crippen LogP) is 3.79. The summed E-state index contributed by atoms with van der Waals surface area (Å²) in [6.45, 7) is -0.421. The first-order valence-corrected chi connectivity index (χ1v) is 7.98. The summed E-state index contributed by atoms with van der Waals surface area (Å²) in [7, 11) is 0. The largest absolute Gasteiger partial charge is 0.507 e. The summed E-state index contributed by atoms with van der Waals surface area (Å²) in [6, 6.07) is 6.14. The van der Waals surface area contributed by atoms with E-state index in [4.69, 9.17) is 39.5 Å². The molecule has 0 atom stereocenters. The van der Waals surface area contributed by atoms with Gasteiger partial charge in [-0.15, -0.1) is 0 Å². The molecule has 0 aliphatic heterocycles. The normalized spacial score (nSPS) is 10.7. The number of hydrogen-bond acceptors (Lipinski definition) is 6. The number of aromatic hydroxyl groups is 1. The topological polar surface area (TPSA) is 114 Å². The van der Waals surface area contributed by atoms with Gasteiger partial charge in [0.1, 0.15) is 11.5 Å². The van der Waals surface area contributed by atoms with E-state index in [1.165, 1.54) is 12.1 Å². The van der Waals surface area contributed by atoms with Gasteiger partial charge in [-0.25, -0.2) is 5.43 Å². The number of nitrogens with zero attached hydrogens (tertiary/aromatic N) is 2. The van der Waals surface area contributed by atoms with Crippen LogP contribution in [0.25, 0.3) is 0 Å². The van der Waals surface area contributed by atoms with Crippen LogP contribution in [0.5, 0.6) is 11.5 Å². The highest BCUT2D eigenvalue weighted by Gasteiger charge is 2.10. The van der Waals surface area contributed by atoms with Crippen LogP contribution >= 0.6 is 34.8 Å². The van der Waals surface area contributed by atoms with Crippen LogP contribution in [0.2, 0.25) is 15.1 Å². The maximum atomic E-state index is 11.7. The van der Waals surface area contributed by atoms with Gasteiger partial charge in [0.05, 0.1) is 26.2 Å². The summed E-state index contributed by atoms with van der Waals surface area (Å²) in [5, 5.41) is 24.6. The Morgan fingerprint density at radius 3 is 2.62 bits per heavy atom. The zero-order valence-electron chi connectivity index (χ0n) is 12.8. The van der Waals surface area contributed by atoms with Crippen molar-refractivity contribution >= 4 is 52.6 Å². The van der Waals surface area contributed by atoms with E-state index in [9.17, 15) is 20.0 Å². The molecule has 0 saturated heterocycles. The van der Waals surface area contributed by atoms with Gasteiger partial charge in [0, 0.05) is 23.8 Å². The first kappa shape index (κ1) is 19.8. The van der Waals surface area contributed by atoms with Crippen LogP contribution in [0.15, 0.2) is 35.4 Å². The first-order valence-electron chi connectivity index (χ1n) is 6.84. The minimum atomic E-state index is -0.631. The number of phenols is 1. The number of hydrazone groups is 1. The lowest BCUT2D eigenvalue weighted by atomic mass is 10.2. The molecule has 0 radical (unpaired) electrons. The molecule has 136 valence electrons. The van der Waals surface area contributed by atoms with E-state index in [-0.39, 0.29) is 37.8 Å². The lowest BCUT2D eigenvalue weighted by Crippen LogP contribution is -2.24. The Balaban J connectivity index is 1.95. The predicted molar refractivity (Wildman–Crippen MR) is 97.5 cm³/mol. The van der Waals surface area contributed by atoms with Crippen LogP contribution in [0, 0.1) is 10.1 Å². The van der Waals surface area contributed by atoms with Gasteiger partial charge in [-0.05, 0) is 12.1 Å². The van der Waals surface area contributed by atoms with Crippen LogP contribution < -0.4 is 10.2 Å². The number of rotatable bonds is 6. The second-order valence-corrected chi connectivity index (χ2v) is 6.00. The molecule has 0 unspecified atom stereocenters. The Labute approximate surface area is 162 Å². The molecule has 0 heterocycles. The molecular formula is C15H10Cl3N3O5. The number of carbonyl (C=O) groups excluding carboxylic acids is 1. The average molecular weight is 419 g/mol. The number of non-ortho nitro benzene ring substituents is 1. The van der Waals surface area contributed by atoms with Gasteiger partial charge in [-0.2, -0.15) is 5.10 Å². The van der Waals surface area contributed by atoms with Crippen molar-refractivity contribution in [2.24, 2.45) is 5.10 Å². The summed E-state index contributed by atoms with van der Waals surface area (Å²) >= 11 is 17.5. The molecule has 0 spiro atoms. The highest BCUT2D eigenvalue weighted by Crippen LogP contribution is 2.33. The molecule has 8 nitrogen and oxygen atoms in total. The zero-order valence-corrected chi connectivity index (χ0v) is 15.0. The van der Waals surface area contributed by atoms with E-state index < -0.39 is 17.4 Å². The molecule has 2 aromatic rings. The van der Waals surface area contributed by atoms with Gasteiger partial charge in [0.15, 0.2) is 6.61 Å². The molecule has 2 rings (SSSR count). The highest BCUT2D eigenvalue weighted by atomic mass is 35.5. The molecule has 0 aliphatic carbocycles. The third-order valence-corrected chi connectivity index (χ3v) is 3.97. The van der Waals surface area contributed by atoms with Gasteiger partial charge in [-0.3, -0.25) is 14.9 Å². The number of nitrogens with one attached hydrogen (secondary N) is 1. The van der Waals surface area contributed by atoms with Crippen LogP contribution in [-0.2, 0) is 4.79 Å². The number of carbonyl (C=O) groups is 1. The SMILES string of the molecule is O=C(COc1cc(Cl)c(Cl)cc1Cl)N/N=C/c1cc([N+](=O)[O-])ccc1O. The maximum Gasteiger partial charge on any atom is 0.277 e. The molecular weight excluding hydrogens is 409 g/mol. The average Bonchev–Trinajstić information content (AvgIpc) is 2.58. The quantitative estimate of drug-likeness (QED) is 0.321. The van der Waals surface area contributed by atoms with Gasteiger partial charge >= 0.3 is 0 Å². The third kappa shape index (κ3) is 5.22. The zero-order chi connectivity index (χ0) is 19.3. The molecule has 1 amide bonds. The second kappa shape index (κ2) is 8.70. The number of nitro groups is 1. The highest BCUT2D eigenvalue weighted by molar-refractivity contribution is 6.43. The van der Waals surface area contributed by atoms with E-state index in [0.717, 1.165) is 24.4 Å². The van der Waals surface area contributed by atoms with Crippen LogP contribution in [0.4, 0.5) is 5.69 Å². The molecule has 0 aliphatic rings. The van der Waals surface area contributed by atoms with Crippen molar-refractivity contribution in [1.82, 2.24) is 5.43 Å². The minimum absolute atomic E-state index is 0.0629. The van der Waals surface area contributed by atoms with E-state index in [1.54, 1.807) is 0 Å². The van der Waals surface area contributed by atoms with Gasteiger partial charge < -0.3 is 9.84 Å². The minimum Gasteiger partial charge on any atom is -0.507 e. The lowest BCUT2D eigenvalue weighted by molar-refractivity contribution is -0.384. The summed E-state index contributed by atoms with van der Waals surface area (Å²) < 4.78 is 5.21. The van der Waals surface area contributed by atoms with Crippen molar-refractivity contribution in [3.8, 4) is 11.5 Å². The number of halogens is 3. The molecule has 0 saturated carbocycles. The van der Waals surface area contributed by atoms with Crippen LogP contribution in [0.3, 0.4) is 0 Å². The Morgan fingerprint density at radius 2 is 1.92 bits per heavy atom.